The Kier molecular flexibility index (Phi) is 7.13. The highest BCUT2D eigenvalue weighted by atomic mass is 16.5. The van der Waals surface area contributed by atoms with E-state index in [1.807, 2.05) is 24.3 Å². The number of hydrogen-bond donors (Lipinski definition) is 0. The number of hydrogen-bond acceptors (Lipinski definition) is 6. The summed E-state index contributed by atoms with van der Waals surface area (Å²) in [7, 11) is 1.73. The second-order valence-electron chi connectivity index (χ2n) is 9.09. The fourth-order valence-electron chi connectivity index (χ4n) is 4.58. The monoisotopic (exact) mass is 486 g/mol. The highest BCUT2D eigenvalue weighted by Gasteiger charge is 2.24. The molecule has 0 spiro atoms. The zero-order valence-corrected chi connectivity index (χ0v) is 20.4. The molecule has 5 rings (SSSR count). The van der Waals surface area contributed by atoms with Crippen molar-refractivity contribution >= 4 is 11.8 Å². The number of ether oxygens (including phenoxy) is 2. The van der Waals surface area contributed by atoms with E-state index in [0.29, 0.717) is 49.8 Å². The first kappa shape index (κ1) is 23.8. The minimum Gasteiger partial charge on any atom is -0.488 e. The van der Waals surface area contributed by atoms with Gasteiger partial charge in [-0.3, -0.25) is 14.5 Å². The third-order valence-electron chi connectivity index (χ3n) is 6.65. The molecule has 0 saturated carbocycles. The van der Waals surface area contributed by atoms with Gasteiger partial charge in [-0.1, -0.05) is 36.4 Å². The van der Waals surface area contributed by atoms with Crippen molar-refractivity contribution in [2.45, 2.75) is 13.0 Å². The number of amides is 2. The van der Waals surface area contributed by atoms with Gasteiger partial charge in [0.2, 0.25) is 11.8 Å². The molecule has 2 amide bonds. The normalized spacial score (nSPS) is 16.8. The van der Waals surface area contributed by atoms with Crippen LogP contribution in [0.4, 0.5) is 0 Å². The van der Waals surface area contributed by atoms with Crippen LogP contribution in [0.5, 0.6) is 17.4 Å². The number of benzene rings is 2. The Balaban J connectivity index is 1.34. The summed E-state index contributed by atoms with van der Waals surface area (Å²) < 4.78 is 12.0. The lowest BCUT2D eigenvalue weighted by Crippen LogP contribution is -2.46. The second-order valence-corrected chi connectivity index (χ2v) is 9.09. The molecule has 3 aromatic rings. The van der Waals surface area contributed by atoms with Gasteiger partial charge in [-0.05, 0) is 41.8 Å². The van der Waals surface area contributed by atoms with Crippen molar-refractivity contribution in [1.29, 1.82) is 0 Å². The molecule has 2 aliphatic heterocycles. The molecule has 2 aliphatic rings. The number of aromatic nitrogens is 1. The van der Waals surface area contributed by atoms with E-state index >= 15 is 0 Å². The molecule has 0 N–H and O–H groups in total. The van der Waals surface area contributed by atoms with Crippen LogP contribution in [0.1, 0.15) is 21.5 Å². The Hall–Kier alpha value is -3.91. The zero-order valence-electron chi connectivity index (χ0n) is 20.4. The van der Waals surface area contributed by atoms with Gasteiger partial charge in [-0.2, -0.15) is 0 Å². The molecule has 0 unspecified atom stereocenters. The van der Waals surface area contributed by atoms with Crippen LogP contribution in [-0.2, 0) is 17.8 Å². The number of likely N-dealkylation sites (N-methyl/N-ethyl adjacent to an activating group) is 1. The second kappa shape index (κ2) is 10.8. The van der Waals surface area contributed by atoms with Gasteiger partial charge >= 0.3 is 0 Å². The quantitative estimate of drug-likeness (QED) is 0.554. The largest absolute Gasteiger partial charge is 0.488 e. The van der Waals surface area contributed by atoms with Crippen molar-refractivity contribution in [2.24, 2.45) is 0 Å². The summed E-state index contributed by atoms with van der Waals surface area (Å²) in [4.78, 5) is 36.5. The molecule has 186 valence electrons. The van der Waals surface area contributed by atoms with Gasteiger partial charge in [0.25, 0.3) is 5.91 Å². The first-order valence-corrected chi connectivity index (χ1v) is 12.3. The number of pyridine rings is 1. The van der Waals surface area contributed by atoms with Crippen molar-refractivity contribution in [3.8, 4) is 17.4 Å². The molecule has 0 atom stereocenters. The van der Waals surface area contributed by atoms with Gasteiger partial charge in [0.1, 0.15) is 12.2 Å². The smallest absolute Gasteiger partial charge is 0.259 e. The SMILES string of the molecule is CN1CCN(C(=O)CN2CCc3ccccc3C2)CCOc2ccccc2Oc2ncccc2C1=O. The predicted octanol–water partition coefficient (Wildman–Crippen LogP) is 3.23. The topological polar surface area (TPSA) is 75.2 Å². The Labute approximate surface area is 211 Å². The fourth-order valence-corrected chi connectivity index (χ4v) is 4.58. The third kappa shape index (κ3) is 5.33. The van der Waals surface area contributed by atoms with Gasteiger partial charge in [-0.15, -0.1) is 0 Å². The van der Waals surface area contributed by atoms with E-state index in [1.165, 1.54) is 11.1 Å². The molecule has 8 heteroatoms. The summed E-state index contributed by atoms with van der Waals surface area (Å²) >= 11 is 0. The first-order chi connectivity index (χ1) is 17.6. The molecule has 0 saturated heterocycles. The van der Waals surface area contributed by atoms with Crippen LogP contribution in [0.3, 0.4) is 0 Å². The average molecular weight is 487 g/mol. The van der Waals surface area contributed by atoms with Crippen molar-refractivity contribution in [1.82, 2.24) is 19.7 Å². The molecule has 8 nitrogen and oxygen atoms in total. The summed E-state index contributed by atoms with van der Waals surface area (Å²) in [5.41, 5.74) is 2.99. The summed E-state index contributed by atoms with van der Waals surface area (Å²) in [6.45, 7) is 3.45. The van der Waals surface area contributed by atoms with Crippen LogP contribution < -0.4 is 9.47 Å². The van der Waals surface area contributed by atoms with Crippen molar-refractivity contribution in [3.63, 3.8) is 0 Å². The average Bonchev–Trinajstić information content (AvgIpc) is 2.91. The third-order valence-corrected chi connectivity index (χ3v) is 6.65. The molecule has 2 aromatic carbocycles. The summed E-state index contributed by atoms with van der Waals surface area (Å²) in [6, 6.07) is 19.1. The predicted molar refractivity (Wildman–Crippen MR) is 135 cm³/mol. The van der Waals surface area contributed by atoms with Gasteiger partial charge in [0.05, 0.1) is 13.1 Å². The van der Waals surface area contributed by atoms with Gasteiger partial charge in [0, 0.05) is 39.4 Å². The maximum absolute atomic E-state index is 13.4. The summed E-state index contributed by atoms with van der Waals surface area (Å²) in [5.74, 6) is 1.05. The van der Waals surface area contributed by atoms with E-state index in [1.54, 1.807) is 41.2 Å². The Morgan fingerprint density at radius 1 is 0.917 bits per heavy atom. The molecule has 1 aromatic heterocycles. The van der Waals surface area contributed by atoms with Crippen molar-refractivity contribution < 1.29 is 19.1 Å². The number of nitrogens with zero attached hydrogens (tertiary/aromatic N) is 4. The lowest BCUT2D eigenvalue weighted by atomic mass is 10.00. The number of carbonyl (C=O) groups excluding carboxylic acids is 2. The van der Waals surface area contributed by atoms with E-state index < -0.39 is 0 Å². The first-order valence-electron chi connectivity index (χ1n) is 12.3. The molecule has 0 aliphatic carbocycles. The zero-order chi connectivity index (χ0) is 24.9. The molecule has 0 radical (unpaired) electrons. The van der Waals surface area contributed by atoms with Crippen LogP contribution >= 0.6 is 0 Å². The van der Waals surface area contributed by atoms with Gasteiger partial charge in [-0.25, -0.2) is 4.98 Å². The van der Waals surface area contributed by atoms with E-state index in [0.717, 1.165) is 19.5 Å². The highest BCUT2D eigenvalue weighted by molar-refractivity contribution is 5.96. The maximum atomic E-state index is 13.4. The Bertz CT molecular complexity index is 1250. The van der Waals surface area contributed by atoms with E-state index in [9.17, 15) is 9.59 Å². The maximum Gasteiger partial charge on any atom is 0.259 e. The molecule has 36 heavy (non-hydrogen) atoms. The number of carbonyl (C=O) groups is 2. The minimum atomic E-state index is -0.212. The highest BCUT2D eigenvalue weighted by Crippen LogP contribution is 2.32. The van der Waals surface area contributed by atoms with Crippen molar-refractivity contribution in [2.75, 3.05) is 46.4 Å². The summed E-state index contributed by atoms with van der Waals surface area (Å²) in [5, 5.41) is 0. The van der Waals surface area contributed by atoms with E-state index in [-0.39, 0.29) is 17.7 Å². The summed E-state index contributed by atoms with van der Waals surface area (Å²) in [6.07, 6.45) is 2.53. The lowest BCUT2D eigenvalue weighted by Gasteiger charge is -2.31. The lowest BCUT2D eigenvalue weighted by molar-refractivity contribution is -0.133. The number of para-hydroxylation sites is 2. The van der Waals surface area contributed by atoms with Gasteiger partial charge in [0.15, 0.2) is 11.5 Å². The van der Waals surface area contributed by atoms with Crippen LogP contribution in [0.2, 0.25) is 0 Å². The van der Waals surface area contributed by atoms with E-state index in [2.05, 4.69) is 28.1 Å². The molecular formula is C28H30N4O4. The van der Waals surface area contributed by atoms with Crippen LogP contribution in [0.25, 0.3) is 0 Å². The molecule has 3 heterocycles. The number of fused-ring (bicyclic) bond motifs is 3. The molecule has 0 fully saturated rings. The van der Waals surface area contributed by atoms with Gasteiger partial charge < -0.3 is 19.3 Å². The molecular weight excluding hydrogens is 456 g/mol. The standard InChI is InChI=1S/C28H30N4O4/c1-30-15-16-32(26(33)20-31-14-12-21-7-2-3-8-22(21)19-31)17-18-35-24-10-4-5-11-25(24)36-27-23(28(30)34)9-6-13-29-27/h2-11,13H,12,14-20H2,1H3. The van der Waals surface area contributed by atoms with Crippen LogP contribution in [0, 0.1) is 0 Å². The minimum absolute atomic E-state index is 0.0281. The Morgan fingerprint density at radius 3 is 2.56 bits per heavy atom. The van der Waals surface area contributed by atoms with Crippen LogP contribution in [0.15, 0.2) is 66.9 Å². The van der Waals surface area contributed by atoms with Crippen molar-refractivity contribution in [3.05, 3.63) is 83.6 Å². The number of rotatable bonds is 2. The van der Waals surface area contributed by atoms with E-state index in [4.69, 9.17) is 9.47 Å². The Morgan fingerprint density at radius 2 is 1.69 bits per heavy atom. The molecule has 0 bridgehead atoms. The fraction of sp³-hybridized carbons (Fsp3) is 0.321. The van der Waals surface area contributed by atoms with Crippen LogP contribution in [-0.4, -0.2) is 77.9 Å².